The topological polar surface area (TPSA) is 0 Å². The van der Waals surface area contributed by atoms with E-state index in [1.165, 1.54) is 6.42 Å². The average Bonchev–Trinajstić information content (AvgIpc) is 1.87. The van der Waals surface area contributed by atoms with E-state index in [1.54, 1.807) is 0 Å². The average molecular weight is 124 g/mol. The Kier molecular flexibility index (Phi) is 1.42. The number of hydrogen-bond acceptors (Lipinski definition) is 0. The Bertz CT molecular complexity index is 126. The molecule has 0 heteroatoms. The first kappa shape index (κ1) is 6.85. The lowest BCUT2D eigenvalue weighted by Crippen LogP contribution is -2.40. The third-order valence-electron chi connectivity index (χ3n) is 3.12. The van der Waals surface area contributed by atoms with E-state index >= 15 is 0 Å². The fourth-order valence-electron chi connectivity index (χ4n) is 1.82. The second kappa shape index (κ2) is 1.86. The third-order valence-corrected chi connectivity index (χ3v) is 3.12. The Hall–Kier alpha value is -0.260. The zero-order valence-electron chi connectivity index (χ0n) is 6.65. The van der Waals surface area contributed by atoms with Gasteiger partial charge < -0.3 is 0 Å². The fourth-order valence-corrected chi connectivity index (χ4v) is 1.82. The number of hydrogen-bond donors (Lipinski definition) is 0. The molecule has 1 saturated carbocycles. The van der Waals surface area contributed by atoms with Crippen LogP contribution in [-0.2, 0) is 0 Å². The zero-order valence-corrected chi connectivity index (χ0v) is 6.65. The van der Waals surface area contributed by atoms with Crippen LogP contribution in [0.5, 0.6) is 0 Å². The van der Waals surface area contributed by atoms with Gasteiger partial charge in [-0.15, -0.1) is 6.58 Å². The van der Waals surface area contributed by atoms with Crippen molar-refractivity contribution in [2.75, 3.05) is 0 Å². The molecule has 1 aliphatic rings. The summed E-state index contributed by atoms with van der Waals surface area (Å²) in [6.45, 7) is 10.8. The highest BCUT2D eigenvalue weighted by molar-refractivity contribution is 5.04. The van der Waals surface area contributed by atoms with Crippen molar-refractivity contribution in [1.82, 2.24) is 0 Å². The molecule has 3 atom stereocenters. The van der Waals surface area contributed by atoms with E-state index in [9.17, 15) is 0 Å². The van der Waals surface area contributed by atoms with Gasteiger partial charge in [-0.1, -0.05) is 26.8 Å². The Morgan fingerprint density at radius 3 is 2.22 bits per heavy atom. The molecule has 1 rings (SSSR count). The highest BCUT2D eigenvalue weighted by Crippen LogP contribution is 2.50. The molecule has 52 valence electrons. The van der Waals surface area contributed by atoms with Crippen LogP contribution in [0.1, 0.15) is 27.2 Å². The summed E-state index contributed by atoms with van der Waals surface area (Å²) in [4.78, 5) is 0. The van der Waals surface area contributed by atoms with Gasteiger partial charge in [0.05, 0.1) is 0 Å². The quantitative estimate of drug-likeness (QED) is 0.471. The highest BCUT2D eigenvalue weighted by Gasteiger charge is 2.42. The SMILES string of the molecule is C=CC1(C)CC(C)C1C. The maximum atomic E-state index is 3.84. The molecule has 0 heterocycles. The molecule has 0 aromatic heterocycles. The van der Waals surface area contributed by atoms with Gasteiger partial charge in [-0.2, -0.15) is 0 Å². The minimum absolute atomic E-state index is 0.458. The van der Waals surface area contributed by atoms with E-state index in [0.29, 0.717) is 5.41 Å². The van der Waals surface area contributed by atoms with Gasteiger partial charge in [0.15, 0.2) is 0 Å². The van der Waals surface area contributed by atoms with Crippen molar-refractivity contribution in [3.8, 4) is 0 Å². The standard InChI is InChI=1S/C9H16/c1-5-9(4)6-7(2)8(9)3/h5,7-8H,1,6H2,2-4H3. The molecule has 3 unspecified atom stereocenters. The third kappa shape index (κ3) is 0.810. The second-order valence-electron chi connectivity index (χ2n) is 3.68. The molecule has 0 nitrogen and oxygen atoms in total. The first-order valence-corrected chi connectivity index (χ1v) is 3.74. The van der Waals surface area contributed by atoms with Crippen molar-refractivity contribution in [2.24, 2.45) is 17.3 Å². The summed E-state index contributed by atoms with van der Waals surface area (Å²) in [6, 6.07) is 0. The molecule has 0 spiro atoms. The smallest absolute Gasteiger partial charge is 0.0118 e. The van der Waals surface area contributed by atoms with E-state index in [4.69, 9.17) is 0 Å². The maximum Gasteiger partial charge on any atom is -0.0118 e. The monoisotopic (exact) mass is 124 g/mol. The van der Waals surface area contributed by atoms with Crippen molar-refractivity contribution >= 4 is 0 Å². The number of allylic oxidation sites excluding steroid dienone is 1. The van der Waals surface area contributed by atoms with Crippen molar-refractivity contribution in [1.29, 1.82) is 0 Å². The van der Waals surface area contributed by atoms with Crippen molar-refractivity contribution in [2.45, 2.75) is 27.2 Å². The zero-order chi connectivity index (χ0) is 7.07. The molecule has 0 aromatic carbocycles. The molecule has 0 aromatic rings. The van der Waals surface area contributed by atoms with E-state index < -0.39 is 0 Å². The highest BCUT2D eigenvalue weighted by atomic mass is 14.5. The van der Waals surface area contributed by atoms with E-state index in [2.05, 4.69) is 33.4 Å². The minimum atomic E-state index is 0.458. The fraction of sp³-hybridized carbons (Fsp3) is 0.778. The molecular weight excluding hydrogens is 108 g/mol. The van der Waals surface area contributed by atoms with Crippen molar-refractivity contribution in [3.63, 3.8) is 0 Å². The van der Waals surface area contributed by atoms with Gasteiger partial charge in [0.25, 0.3) is 0 Å². The summed E-state index contributed by atoms with van der Waals surface area (Å²) >= 11 is 0. The van der Waals surface area contributed by atoms with Crippen LogP contribution in [0.15, 0.2) is 12.7 Å². The Morgan fingerprint density at radius 2 is 2.11 bits per heavy atom. The van der Waals surface area contributed by atoms with Crippen LogP contribution in [0.4, 0.5) is 0 Å². The van der Waals surface area contributed by atoms with Gasteiger partial charge in [-0.3, -0.25) is 0 Å². The molecule has 0 saturated heterocycles. The molecule has 0 bridgehead atoms. The Balaban J connectivity index is 2.58. The summed E-state index contributed by atoms with van der Waals surface area (Å²) < 4.78 is 0. The van der Waals surface area contributed by atoms with Gasteiger partial charge in [0, 0.05) is 0 Å². The van der Waals surface area contributed by atoms with Crippen molar-refractivity contribution < 1.29 is 0 Å². The molecule has 0 aliphatic heterocycles. The van der Waals surface area contributed by atoms with Crippen LogP contribution >= 0.6 is 0 Å². The predicted molar refractivity (Wildman–Crippen MR) is 41.2 cm³/mol. The van der Waals surface area contributed by atoms with E-state index in [0.717, 1.165) is 11.8 Å². The summed E-state index contributed by atoms with van der Waals surface area (Å²) in [5, 5.41) is 0. The largest absolute Gasteiger partial charge is 0.103 e. The van der Waals surface area contributed by atoms with Gasteiger partial charge >= 0.3 is 0 Å². The van der Waals surface area contributed by atoms with Crippen LogP contribution in [0, 0.1) is 17.3 Å². The Morgan fingerprint density at radius 1 is 1.56 bits per heavy atom. The lowest BCUT2D eigenvalue weighted by molar-refractivity contribution is 0.0443. The predicted octanol–water partition coefficient (Wildman–Crippen LogP) is 2.85. The lowest BCUT2D eigenvalue weighted by Gasteiger charge is -2.49. The van der Waals surface area contributed by atoms with E-state index in [1.807, 2.05) is 0 Å². The first-order chi connectivity index (χ1) is 4.10. The number of rotatable bonds is 1. The van der Waals surface area contributed by atoms with Crippen LogP contribution in [0.3, 0.4) is 0 Å². The molecule has 0 N–H and O–H groups in total. The summed E-state index contributed by atoms with van der Waals surface area (Å²) in [6.07, 6.45) is 3.44. The van der Waals surface area contributed by atoms with Crippen LogP contribution in [0.25, 0.3) is 0 Å². The lowest BCUT2D eigenvalue weighted by atomic mass is 9.56. The van der Waals surface area contributed by atoms with E-state index in [-0.39, 0.29) is 0 Å². The van der Waals surface area contributed by atoms with Crippen molar-refractivity contribution in [3.05, 3.63) is 12.7 Å². The van der Waals surface area contributed by atoms with Crippen LogP contribution < -0.4 is 0 Å². The molecule has 0 amide bonds. The van der Waals surface area contributed by atoms with Gasteiger partial charge in [-0.25, -0.2) is 0 Å². The van der Waals surface area contributed by atoms with Crippen LogP contribution in [0.2, 0.25) is 0 Å². The summed E-state index contributed by atoms with van der Waals surface area (Å²) in [5.74, 6) is 1.75. The minimum Gasteiger partial charge on any atom is -0.103 e. The molecule has 1 aliphatic carbocycles. The molecular formula is C9H16. The normalized spacial score (nSPS) is 50.1. The first-order valence-electron chi connectivity index (χ1n) is 3.74. The molecule has 1 fully saturated rings. The summed E-state index contributed by atoms with van der Waals surface area (Å²) in [7, 11) is 0. The summed E-state index contributed by atoms with van der Waals surface area (Å²) in [5.41, 5.74) is 0.458. The Labute approximate surface area is 58.0 Å². The van der Waals surface area contributed by atoms with Crippen LogP contribution in [-0.4, -0.2) is 0 Å². The molecule has 0 radical (unpaired) electrons. The van der Waals surface area contributed by atoms with Gasteiger partial charge in [0.2, 0.25) is 0 Å². The maximum absolute atomic E-state index is 3.84. The van der Waals surface area contributed by atoms with Gasteiger partial charge in [-0.05, 0) is 23.7 Å². The second-order valence-corrected chi connectivity index (χ2v) is 3.68. The van der Waals surface area contributed by atoms with Gasteiger partial charge in [0.1, 0.15) is 0 Å². The molecule has 9 heavy (non-hydrogen) atoms.